The Bertz CT molecular complexity index is 206. The van der Waals surface area contributed by atoms with Gasteiger partial charge in [-0.25, -0.2) is 0 Å². The molecule has 0 aliphatic carbocycles. The molecular weight excluding hydrogens is 236 g/mol. The number of hydrogen-bond acceptors (Lipinski definition) is 4. The van der Waals surface area contributed by atoms with Gasteiger partial charge in [0.05, 0.1) is 12.4 Å². The third-order valence-corrected chi connectivity index (χ3v) is 5.33. The van der Waals surface area contributed by atoms with Crippen molar-refractivity contribution in [1.29, 1.82) is 0 Å². The molecule has 0 aromatic rings. The van der Waals surface area contributed by atoms with Crippen molar-refractivity contribution in [2.75, 3.05) is 21.3 Å². The highest BCUT2D eigenvalue weighted by Gasteiger charge is 2.37. The molecule has 0 saturated carbocycles. The maximum Gasteiger partial charge on any atom is 0.500 e. The van der Waals surface area contributed by atoms with Crippen LogP contribution in [0.2, 0.25) is 6.04 Å². The van der Waals surface area contributed by atoms with Crippen molar-refractivity contribution in [2.45, 2.75) is 39.3 Å². The first-order valence-electron chi connectivity index (χ1n) is 5.97. The van der Waals surface area contributed by atoms with Gasteiger partial charge in [-0.2, -0.15) is 0 Å². The van der Waals surface area contributed by atoms with Gasteiger partial charge in [0, 0.05) is 27.4 Å². The van der Waals surface area contributed by atoms with Crippen LogP contribution < -0.4 is 0 Å². The summed E-state index contributed by atoms with van der Waals surface area (Å²) >= 11 is 0. The minimum Gasteiger partial charge on any atom is -0.499 e. The van der Waals surface area contributed by atoms with Gasteiger partial charge in [-0.3, -0.25) is 0 Å². The zero-order valence-electron chi connectivity index (χ0n) is 11.9. The quantitative estimate of drug-likeness (QED) is 0.473. The van der Waals surface area contributed by atoms with Gasteiger partial charge in [-0.15, -0.1) is 0 Å². The minimum absolute atomic E-state index is 0.136. The lowest BCUT2D eigenvalue weighted by molar-refractivity contribution is 0.109. The summed E-state index contributed by atoms with van der Waals surface area (Å²) in [5.74, 6) is 0.507. The summed E-state index contributed by atoms with van der Waals surface area (Å²) in [5.41, 5.74) is 0. The molecule has 0 amide bonds. The second-order valence-corrected chi connectivity index (χ2v) is 7.44. The van der Waals surface area contributed by atoms with Crippen LogP contribution >= 0.6 is 0 Å². The van der Waals surface area contributed by atoms with Crippen molar-refractivity contribution >= 4 is 8.80 Å². The topological polar surface area (TPSA) is 36.9 Å². The Hall–Kier alpha value is -0.363. The van der Waals surface area contributed by atoms with Gasteiger partial charge in [0.2, 0.25) is 0 Å². The molecule has 0 radical (unpaired) electrons. The van der Waals surface area contributed by atoms with Crippen LogP contribution in [0.4, 0.5) is 0 Å². The molecule has 0 fully saturated rings. The first-order valence-corrected chi connectivity index (χ1v) is 7.90. The third kappa shape index (κ3) is 6.83. The summed E-state index contributed by atoms with van der Waals surface area (Å²) < 4.78 is 21.6. The highest BCUT2D eigenvalue weighted by molar-refractivity contribution is 6.60. The van der Waals surface area contributed by atoms with Crippen LogP contribution in [0.1, 0.15) is 27.2 Å². The van der Waals surface area contributed by atoms with Crippen molar-refractivity contribution in [1.82, 2.24) is 0 Å². The predicted molar refractivity (Wildman–Crippen MR) is 70.7 cm³/mol. The van der Waals surface area contributed by atoms with Crippen LogP contribution in [-0.4, -0.2) is 36.2 Å². The zero-order valence-corrected chi connectivity index (χ0v) is 12.9. The zero-order chi connectivity index (χ0) is 13.3. The van der Waals surface area contributed by atoms with Crippen LogP contribution in [-0.2, 0) is 18.0 Å². The molecule has 102 valence electrons. The van der Waals surface area contributed by atoms with Gasteiger partial charge in [0.15, 0.2) is 0 Å². The van der Waals surface area contributed by atoms with Crippen molar-refractivity contribution < 1.29 is 18.0 Å². The molecule has 0 aliphatic rings. The van der Waals surface area contributed by atoms with Gasteiger partial charge < -0.3 is 18.0 Å². The molecule has 0 heterocycles. The fourth-order valence-electron chi connectivity index (χ4n) is 1.34. The molecule has 17 heavy (non-hydrogen) atoms. The summed E-state index contributed by atoms with van der Waals surface area (Å²) in [6, 6.07) is 0.757. The van der Waals surface area contributed by atoms with Crippen molar-refractivity contribution in [3.8, 4) is 0 Å². The number of ether oxygens (including phenoxy) is 1. The summed E-state index contributed by atoms with van der Waals surface area (Å²) in [5, 5.41) is 0. The predicted octanol–water partition coefficient (Wildman–Crippen LogP) is 2.83. The molecular formula is C12H26O4Si. The van der Waals surface area contributed by atoms with E-state index in [0.29, 0.717) is 5.92 Å². The van der Waals surface area contributed by atoms with E-state index in [1.807, 2.05) is 13.0 Å². The molecule has 1 unspecified atom stereocenters. The number of hydrogen-bond donors (Lipinski definition) is 0. The molecule has 0 saturated heterocycles. The molecule has 0 bridgehead atoms. The summed E-state index contributed by atoms with van der Waals surface area (Å²) in [6.07, 6.45) is 4.79. The van der Waals surface area contributed by atoms with E-state index in [9.17, 15) is 0 Å². The fraction of sp³-hybridized carbons (Fsp3) is 0.833. The molecule has 0 rings (SSSR count). The van der Waals surface area contributed by atoms with Crippen LogP contribution in [0.5, 0.6) is 0 Å². The average Bonchev–Trinajstić information content (AvgIpc) is 2.31. The van der Waals surface area contributed by atoms with Crippen LogP contribution in [0.25, 0.3) is 0 Å². The van der Waals surface area contributed by atoms with Gasteiger partial charge in [0.1, 0.15) is 0 Å². The number of allylic oxidation sites excluding steroid dienone is 1. The van der Waals surface area contributed by atoms with Crippen LogP contribution in [0.15, 0.2) is 12.3 Å². The molecule has 1 atom stereocenters. The van der Waals surface area contributed by atoms with E-state index in [0.717, 1.165) is 12.5 Å². The van der Waals surface area contributed by atoms with Gasteiger partial charge in [-0.1, -0.05) is 13.8 Å². The normalized spacial score (nSPS) is 14.5. The van der Waals surface area contributed by atoms with E-state index in [2.05, 4.69) is 13.8 Å². The lowest BCUT2D eigenvalue weighted by Gasteiger charge is -2.25. The van der Waals surface area contributed by atoms with E-state index in [1.54, 1.807) is 27.6 Å². The highest BCUT2D eigenvalue weighted by Crippen LogP contribution is 2.17. The summed E-state index contributed by atoms with van der Waals surface area (Å²) in [6.45, 7) is 6.26. The first kappa shape index (κ1) is 16.6. The van der Waals surface area contributed by atoms with E-state index >= 15 is 0 Å². The van der Waals surface area contributed by atoms with Gasteiger partial charge >= 0.3 is 8.80 Å². The Balaban J connectivity index is 4.00. The Morgan fingerprint density at radius 3 is 1.94 bits per heavy atom. The largest absolute Gasteiger partial charge is 0.500 e. The first-order chi connectivity index (χ1) is 7.99. The Labute approximate surface area is 106 Å². The molecule has 0 aromatic carbocycles. The minimum atomic E-state index is -2.45. The Morgan fingerprint density at radius 1 is 1.00 bits per heavy atom. The lowest BCUT2D eigenvalue weighted by atomic mass is 10.2. The van der Waals surface area contributed by atoms with E-state index in [1.165, 1.54) is 0 Å². The van der Waals surface area contributed by atoms with E-state index in [-0.39, 0.29) is 6.10 Å². The summed E-state index contributed by atoms with van der Waals surface area (Å²) in [4.78, 5) is 0. The lowest BCUT2D eigenvalue weighted by Crippen LogP contribution is -2.43. The Kier molecular flexibility index (Phi) is 8.50. The molecule has 4 nitrogen and oxygen atoms in total. The SMILES string of the molecule is CO[Si](CCC(C)OC=CC(C)C)(OC)OC. The standard InChI is InChI=1S/C12H26O4Si/c1-11(2)7-9-16-12(3)8-10-17(13-4,14-5)15-6/h7,9,11-12H,8,10H2,1-6H3. The van der Waals surface area contributed by atoms with Gasteiger partial charge in [0.25, 0.3) is 0 Å². The van der Waals surface area contributed by atoms with E-state index < -0.39 is 8.80 Å². The van der Waals surface area contributed by atoms with Gasteiger partial charge in [-0.05, 0) is 25.3 Å². The third-order valence-electron chi connectivity index (χ3n) is 2.56. The van der Waals surface area contributed by atoms with Crippen LogP contribution in [0.3, 0.4) is 0 Å². The highest BCUT2D eigenvalue weighted by atomic mass is 28.4. The smallest absolute Gasteiger partial charge is 0.499 e. The maximum atomic E-state index is 5.56. The molecule has 5 heteroatoms. The Morgan fingerprint density at radius 2 is 1.53 bits per heavy atom. The second-order valence-electron chi connectivity index (χ2n) is 4.35. The average molecular weight is 262 g/mol. The van der Waals surface area contributed by atoms with Crippen molar-refractivity contribution in [3.63, 3.8) is 0 Å². The van der Waals surface area contributed by atoms with Crippen molar-refractivity contribution in [3.05, 3.63) is 12.3 Å². The van der Waals surface area contributed by atoms with Crippen LogP contribution in [0, 0.1) is 5.92 Å². The molecule has 0 aromatic heterocycles. The monoisotopic (exact) mass is 262 g/mol. The molecule has 0 aliphatic heterocycles. The van der Waals surface area contributed by atoms with Crippen molar-refractivity contribution in [2.24, 2.45) is 5.92 Å². The molecule has 0 N–H and O–H groups in total. The van der Waals surface area contributed by atoms with E-state index in [4.69, 9.17) is 18.0 Å². The fourth-order valence-corrected chi connectivity index (χ4v) is 3.21. The number of rotatable bonds is 9. The second kappa shape index (κ2) is 8.69. The maximum absolute atomic E-state index is 5.56. The summed E-state index contributed by atoms with van der Waals surface area (Å²) in [7, 11) is 2.44. The molecule has 0 spiro atoms.